The van der Waals surface area contributed by atoms with Gasteiger partial charge in [-0.15, -0.1) is 0 Å². The first-order chi connectivity index (χ1) is 8.95. The third kappa shape index (κ3) is 4.38. The van der Waals surface area contributed by atoms with E-state index in [2.05, 4.69) is 17.9 Å². The number of thiol groups is 1. The highest BCUT2D eigenvalue weighted by Gasteiger charge is 2.16. The van der Waals surface area contributed by atoms with Crippen LogP contribution in [0, 0.1) is 0 Å². The maximum Gasteiger partial charge on any atom is 0.335 e. The van der Waals surface area contributed by atoms with Crippen LogP contribution in [0.25, 0.3) is 0 Å². The van der Waals surface area contributed by atoms with Gasteiger partial charge in [0.05, 0.1) is 12.1 Å². The van der Waals surface area contributed by atoms with Gasteiger partial charge in [-0.1, -0.05) is 12.1 Å². The molecule has 0 amide bonds. The average molecular weight is 283 g/mol. The molecule has 7 heteroatoms. The lowest BCUT2D eigenvalue weighted by atomic mass is 10.1. The molecule has 6 nitrogen and oxygen atoms in total. The molecule has 0 saturated heterocycles. The summed E-state index contributed by atoms with van der Waals surface area (Å²) in [4.78, 5) is 33.1. The number of hydrogen-bond donors (Lipinski definition) is 4. The predicted octanol–water partition coefficient (Wildman–Crippen LogP) is 0.540. The predicted molar refractivity (Wildman–Crippen MR) is 71.0 cm³/mol. The van der Waals surface area contributed by atoms with Crippen molar-refractivity contribution in [3.8, 4) is 0 Å². The van der Waals surface area contributed by atoms with E-state index >= 15 is 0 Å². The summed E-state index contributed by atoms with van der Waals surface area (Å²) in [5.41, 5.74) is 0.407. The van der Waals surface area contributed by atoms with Crippen LogP contribution < -0.4 is 5.32 Å². The number of ketones is 1. The quantitative estimate of drug-likeness (QED) is 0.430. The van der Waals surface area contributed by atoms with Gasteiger partial charge in [0.25, 0.3) is 0 Å². The van der Waals surface area contributed by atoms with Gasteiger partial charge in [0.1, 0.15) is 6.04 Å². The first-order valence-corrected chi connectivity index (χ1v) is 6.02. The van der Waals surface area contributed by atoms with E-state index in [1.165, 1.54) is 24.3 Å². The summed E-state index contributed by atoms with van der Waals surface area (Å²) in [5, 5.41) is 20.0. The normalized spacial score (nSPS) is 11.8. The van der Waals surface area contributed by atoms with Crippen molar-refractivity contribution in [3.63, 3.8) is 0 Å². The van der Waals surface area contributed by atoms with Gasteiger partial charge in [-0.05, 0) is 12.1 Å². The lowest BCUT2D eigenvalue weighted by Gasteiger charge is -2.10. The van der Waals surface area contributed by atoms with E-state index in [0.29, 0.717) is 5.56 Å². The summed E-state index contributed by atoms with van der Waals surface area (Å²) in [5.74, 6) is -2.40. The number of carbonyl (C=O) groups excluding carboxylic acids is 1. The molecule has 0 fully saturated rings. The van der Waals surface area contributed by atoms with E-state index in [1.807, 2.05) is 0 Å². The SMILES string of the molecule is O=C(O)c1ccc(C(=O)CNC(CS)C(=O)O)cc1. The van der Waals surface area contributed by atoms with E-state index in [9.17, 15) is 14.4 Å². The fourth-order valence-electron chi connectivity index (χ4n) is 1.35. The van der Waals surface area contributed by atoms with Crippen LogP contribution in [0.2, 0.25) is 0 Å². The molecule has 0 spiro atoms. The first kappa shape index (κ1) is 15.2. The molecule has 0 aliphatic rings. The summed E-state index contributed by atoms with van der Waals surface area (Å²) in [7, 11) is 0. The van der Waals surface area contributed by atoms with Crippen LogP contribution >= 0.6 is 12.6 Å². The van der Waals surface area contributed by atoms with Crippen LogP contribution in [-0.2, 0) is 4.79 Å². The highest BCUT2D eigenvalue weighted by Crippen LogP contribution is 2.05. The van der Waals surface area contributed by atoms with Crippen LogP contribution in [0.5, 0.6) is 0 Å². The number of nitrogens with one attached hydrogen (secondary N) is 1. The molecule has 1 aromatic rings. The smallest absolute Gasteiger partial charge is 0.335 e. The Morgan fingerprint density at radius 1 is 1.11 bits per heavy atom. The Hall–Kier alpha value is -1.86. The van der Waals surface area contributed by atoms with Gasteiger partial charge in [-0.2, -0.15) is 12.6 Å². The molecule has 3 N–H and O–H groups in total. The van der Waals surface area contributed by atoms with Gasteiger partial charge in [-0.3, -0.25) is 14.9 Å². The average Bonchev–Trinajstić information content (AvgIpc) is 2.38. The van der Waals surface area contributed by atoms with Gasteiger partial charge in [0.2, 0.25) is 0 Å². The molecule has 0 bridgehead atoms. The number of benzene rings is 1. The van der Waals surface area contributed by atoms with E-state index in [4.69, 9.17) is 10.2 Å². The molecular weight excluding hydrogens is 270 g/mol. The Labute approximate surface area is 114 Å². The summed E-state index contributed by atoms with van der Waals surface area (Å²) in [6.07, 6.45) is 0. The number of aromatic carboxylic acids is 1. The van der Waals surface area contributed by atoms with Crippen LogP contribution in [0.15, 0.2) is 24.3 Å². The number of carboxylic acid groups (broad SMARTS) is 2. The monoisotopic (exact) mass is 283 g/mol. The molecule has 102 valence electrons. The van der Waals surface area contributed by atoms with Crippen LogP contribution in [0.3, 0.4) is 0 Å². The van der Waals surface area contributed by atoms with Crippen LogP contribution in [-0.4, -0.2) is 46.3 Å². The summed E-state index contributed by atoms with van der Waals surface area (Å²) < 4.78 is 0. The highest BCUT2D eigenvalue weighted by molar-refractivity contribution is 7.80. The Bertz CT molecular complexity index is 485. The molecule has 0 radical (unpaired) electrons. The topological polar surface area (TPSA) is 104 Å². The number of rotatable bonds is 7. The third-order valence-corrected chi connectivity index (χ3v) is 2.81. The zero-order valence-corrected chi connectivity index (χ0v) is 10.8. The molecule has 1 rings (SSSR count). The Morgan fingerprint density at radius 3 is 2.05 bits per heavy atom. The van der Waals surface area contributed by atoms with Crippen molar-refractivity contribution in [1.29, 1.82) is 0 Å². The maximum atomic E-state index is 11.7. The van der Waals surface area contributed by atoms with Crippen molar-refractivity contribution in [2.24, 2.45) is 0 Å². The number of carbonyl (C=O) groups is 3. The van der Waals surface area contributed by atoms with Gasteiger partial charge in [0, 0.05) is 11.3 Å². The van der Waals surface area contributed by atoms with E-state index < -0.39 is 18.0 Å². The van der Waals surface area contributed by atoms with Gasteiger partial charge in [0.15, 0.2) is 5.78 Å². The summed E-state index contributed by atoms with van der Waals surface area (Å²) in [6, 6.07) is 4.53. The molecule has 1 aromatic carbocycles. The molecule has 19 heavy (non-hydrogen) atoms. The molecule has 1 unspecified atom stereocenters. The maximum absolute atomic E-state index is 11.7. The third-order valence-electron chi connectivity index (χ3n) is 2.44. The Morgan fingerprint density at radius 2 is 1.63 bits per heavy atom. The number of carboxylic acids is 2. The summed E-state index contributed by atoms with van der Waals surface area (Å²) >= 11 is 3.86. The van der Waals surface area contributed by atoms with E-state index in [-0.39, 0.29) is 23.6 Å². The van der Waals surface area contributed by atoms with Crippen molar-refractivity contribution in [1.82, 2.24) is 5.32 Å². The fraction of sp³-hybridized carbons (Fsp3) is 0.250. The lowest BCUT2D eigenvalue weighted by molar-refractivity contribution is -0.138. The minimum absolute atomic E-state index is 0.0700. The van der Waals surface area contributed by atoms with Crippen molar-refractivity contribution >= 4 is 30.4 Å². The molecule has 0 heterocycles. The second-order valence-electron chi connectivity index (χ2n) is 3.76. The Balaban J connectivity index is 2.63. The lowest BCUT2D eigenvalue weighted by Crippen LogP contribution is -2.41. The zero-order valence-electron chi connectivity index (χ0n) is 9.87. The molecule has 0 saturated carbocycles. The van der Waals surface area contributed by atoms with Crippen LogP contribution in [0.1, 0.15) is 20.7 Å². The van der Waals surface area contributed by atoms with Gasteiger partial charge < -0.3 is 10.2 Å². The van der Waals surface area contributed by atoms with Crippen molar-refractivity contribution in [3.05, 3.63) is 35.4 Å². The zero-order chi connectivity index (χ0) is 14.4. The minimum Gasteiger partial charge on any atom is -0.480 e. The number of Topliss-reactive ketones (excluding diaryl/α,β-unsaturated/α-hetero) is 1. The standard InChI is InChI=1S/C12H13NO5S/c14-10(5-13-9(6-19)12(17)18)7-1-3-8(4-2-7)11(15)16/h1-4,9,13,19H,5-6H2,(H,15,16)(H,17,18). The number of hydrogen-bond acceptors (Lipinski definition) is 5. The second kappa shape index (κ2) is 6.91. The van der Waals surface area contributed by atoms with E-state index in [1.54, 1.807) is 0 Å². The molecular formula is C12H13NO5S. The van der Waals surface area contributed by atoms with Crippen molar-refractivity contribution in [2.75, 3.05) is 12.3 Å². The van der Waals surface area contributed by atoms with Crippen LogP contribution in [0.4, 0.5) is 0 Å². The van der Waals surface area contributed by atoms with Gasteiger partial charge in [-0.25, -0.2) is 4.79 Å². The molecule has 0 aliphatic carbocycles. The van der Waals surface area contributed by atoms with Gasteiger partial charge >= 0.3 is 11.9 Å². The molecule has 1 atom stereocenters. The fourth-order valence-corrected chi connectivity index (χ4v) is 1.63. The largest absolute Gasteiger partial charge is 0.480 e. The Kier molecular flexibility index (Phi) is 5.53. The summed E-state index contributed by atoms with van der Waals surface area (Å²) in [6.45, 7) is -0.149. The minimum atomic E-state index is -1.08. The first-order valence-electron chi connectivity index (χ1n) is 5.39. The van der Waals surface area contributed by atoms with Crippen molar-refractivity contribution in [2.45, 2.75) is 6.04 Å². The van der Waals surface area contributed by atoms with E-state index in [0.717, 1.165) is 0 Å². The highest BCUT2D eigenvalue weighted by atomic mass is 32.1. The van der Waals surface area contributed by atoms with Crippen molar-refractivity contribution < 1.29 is 24.6 Å². The number of aliphatic carboxylic acids is 1. The second-order valence-corrected chi connectivity index (χ2v) is 4.13. The molecule has 0 aliphatic heterocycles. The molecule has 0 aromatic heterocycles.